The van der Waals surface area contributed by atoms with Gasteiger partial charge in [0.2, 0.25) is 5.91 Å². The fraction of sp³-hybridized carbons (Fsp3) is 0.316. The summed E-state index contributed by atoms with van der Waals surface area (Å²) in [6.07, 6.45) is 6.20. The van der Waals surface area contributed by atoms with Crippen LogP contribution >= 0.6 is 0 Å². The molecule has 0 bridgehead atoms. The smallest absolute Gasteiger partial charge is 0.246 e. The van der Waals surface area contributed by atoms with Crippen molar-refractivity contribution in [2.45, 2.75) is 26.2 Å². The van der Waals surface area contributed by atoms with Crippen molar-refractivity contribution in [2.75, 3.05) is 13.1 Å². The molecule has 1 aromatic heterocycles. The van der Waals surface area contributed by atoms with Gasteiger partial charge >= 0.3 is 0 Å². The van der Waals surface area contributed by atoms with Crippen molar-refractivity contribution in [3.63, 3.8) is 0 Å². The van der Waals surface area contributed by atoms with E-state index in [9.17, 15) is 4.79 Å². The zero-order chi connectivity index (χ0) is 15.5. The highest BCUT2D eigenvalue weighted by Crippen LogP contribution is 2.27. The summed E-state index contributed by atoms with van der Waals surface area (Å²) in [5.41, 5.74) is 3.13. The lowest BCUT2D eigenvalue weighted by atomic mass is 10.1. The normalized spacial score (nSPS) is 15.9. The third-order valence-corrected chi connectivity index (χ3v) is 4.21. The summed E-state index contributed by atoms with van der Waals surface area (Å²) in [6.45, 7) is 7.59. The molecule has 114 valence electrons. The molecule has 3 rings (SSSR count). The third-order valence-electron chi connectivity index (χ3n) is 4.21. The summed E-state index contributed by atoms with van der Waals surface area (Å²) in [5.74, 6) is 0.997. The second-order valence-electron chi connectivity index (χ2n) is 5.70. The van der Waals surface area contributed by atoms with Gasteiger partial charge in [-0.1, -0.05) is 37.3 Å². The van der Waals surface area contributed by atoms with Gasteiger partial charge in [0.15, 0.2) is 0 Å². The highest BCUT2D eigenvalue weighted by Gasteiger charge is 2.16. The Labute approximate surface area is 130 Å². The van der Waals surface area contributed by atoms with Crippen molar-refractivity contribution in [1.82, 2.24) is 4.90 Å². The first-order valence-corrected chi connectivity index (χ1v) is 7.83. The summed E-state index contributed by atoms with van der Waals surface area (Å²) >= 11 is 0. The van der Waals surface area contributed by atoms with E-state index in [0.29, 0.717) is 0 Å². The van der Waals surface area contributed by atoms with Crippen molar-refractivity contribution in [3.05, 3.63) is 53.8 Å². The molecule has 1 aliphatic heterocycles. The minimum absolute atomic E-state index is 0.0693. The molecule has 0 saturated carbocycles. The summed E-state index contributed by atoms with van der Waals surface area (Å²) in [4.78, 5) is 14.2. The zero-order valence-electron chi connectivity index (χ0n) is 13.0. The van der Waals surface area contributed by atoms with E-state index in [4.69, 9.17) is 4.42 Å². The van der Waals surface area contributed by atoms with Crippen molar-refractivity contribution in [1.29, 1.82) is 0 Å². The van der Waals surface area contributed by atoms with E-state index < -0.39 is 0 Å². The Morgan fingerprint density at radius 1 is 1.32 bits per heavy atom. The number of fused-ring (bicyclic) bond motifs is 1. The topological polar surface area (TPSA) is 33.5 Å². The van der Waals surface area contributed by atoms with Gasteiger partial charge in [0.1, 0.15) is 11.3 Å². The predicted molar refractivity (Wildman–Crippen MR) is 89.6 cm³/mol. The van der Waals surface area contributed by atoms with E-state index in [1.54, 1.807) is 6.08 Å². The summed E-state index contributed by atoms with van der Waals surface area (Å²) in [7, 11) is 0. The van der Waals surface area contributed by atoms with Crippen molar-refractivity contribution >= 4 is 23.0 Å². The standard InChI is InChI=1S/C19H21NO2/c1-3-17-16(15-6-4-5-7-18(15)22-17)8-9-19(21)20-12-10-14(2)11-13-20/h4-9H,2-3,10-13H2,1H3/b9-8+. The monoisotopic (exact) mass is 295 g/mol. The van der Waals surface area contributed by atoms with Crippen LogP contribution in [0.5, 0.6) is 0 Å². The van der Waals surface area contributed by atoms with Crippen LogP contribution in [-0.2, 0) is 11.2 Å². The molecule has 0 N–H and O–H groups in total. The maximum Gasteiger partial charge on any atom is 0.246 e. The Bertz CT molecular complexity index is 729. The number of hydrogen-bond donors (Lipinski definition) is 0. The average Bonchev–Trinajstić information content (AvgIpc) is 2.91. The van der Waals surface area contributed by atoms with Crippen LogP contribution in [0.3, 0.4) is 0 Å². The SMILES string of the molecule is C=C1CCN(C(=O)/C=C/c2c(CC)oc3ccccc23)CC1. The van der Waals surface area contributed by atoms with E-state index in [0.717, 1.165) is 54.6 Å². The highest BCUT2D eigenvalue weighted by atomic mass is 16.3. The molecule has 3 heteroatoms. The van der Waals surface area contributed by atoms with Crippen LogP contribution in [0.1, 0.15) is 31.1 Å². The van der Waals surface area contributed by atoms with E-state index in [1.807, 2.05) is 35.2 Å². The number of likely N-dealkylation sites (tertiary alicyclic amines) is 1. The summed E-state index contributed by atoms with van der Waals surface area (Å²) in [6, 6.07) is 7.95. The Morgan fingerprint density at radius 2 is 2.05 bits per heavy atom. The fourth-order valence-corrected chi connectivity index (χ4v) is 2.86. The molecule has 1 saturated heterocycles. The van der Waals surface area contributed by atoms with Crippen LogP contribution in [0.4, 0.5) is 0 Å². The lowest BCUT2D eigenvalue weighted by molar-refractivity contribution is -0.126. The molecule has 0 aliphatic carbocycles. The quantitative estimate of drug-likeness (QED) is 0.628. The van der Waals surface area contributed by atoms with Crippen molar-refractivity contribution in [2.24, 2.45) is 0 Å². The first-order valence-electron chi connectivity index (χ1n) is 7.83. The van der Waals surface area contributed by atoms with Gasteiger partial charge in [0, 0.05) is 36.5 Å². The van der Waals surface area contributed by atoms with Crippen LogP contribution in [0, 0.1) is 0 Å². The molecular formula is C19H21NO2. The van der Waals surface area contributed by atoms with Crippen LogP contribution in [-0.4, -0.2) is 23.9 Å². The largest absolute Gasteiger partial charge is 0.460 e. The van der Waals surface area contributed by atoms with Gasteiger partial charge in [-0.3, -0.25) is 4.79 Å². The lowest BCUT2D eigenvalue weighted by Crippen LogP contribution is -2.34. The predicted octanol–water partition coefficient (Wildman–Crippen LogP) is 4.19. The number of piperidine rings is 1. The second-order valence-corrected chi connectivity index (χ2v) is 5.70. The number of aryl methyl sites for hydroxylation is 1. The number of amides is 1. The van der Waals surface area contributed by atoms with Crippen LogP contribution in [0.15, 0.2) is 46.9 Å². The maximum absolute atomic E-state index is 12.3. The van der Waals surface area contributed by atoms with Crippen molar-refractivity contribution < 1.29 is 9.21 Å². The second kappa shape index (κ2) is 6.22. The van der Waals surface area contributed by atoms with Crippen LogP contribution in [0.25, 0.3) is 17.0 Å². The maximum atomic E-state index is 12.3. The number of carbonyl (C=O) groups excluding carboxylic acids is 1. The zero-order valence-corrected chi connectivity index (χ0v) is 13.0. The number of carbonyl (C=O) groups is 1. The molecule has 22 heavy (non-hydrogen) atoms. The van der Waals surface area contributed by atoms with Gasteiger partial charge in [-0.2, -0.15) is 0 Å². The molecule has 1 aromatic carbocycles. The summed E-state index contributed by atoms with van der Waals surface area (Å²) in [5, 5.41) is 1.07. The molecule has 1 aliphatic rings. The number of furan rings is 1. The van der Waals surface area contributed by atoms with Crippen LogP contribution in [0.2, 0.25) is 0 Å². The highest BCUT2D eigenvalue weighted by molar-refractivity contribution is 5.96. The number of nitrogens with zero attached hydrogens (tertiary/aromatic N) is 1. The number of para-hydroxylation sites is 1. The number of rotatable bonds is 3. The molecule has 0 spiro atoms. The van der Waals surface area contributed by atoms with Gasteiger partial charge < -0.3 is 9.32 Å². The molecule has 1 fully saturated rings. The average molecular weight is 295 g/mol. The molecule has 2 heterocycles. The first kappa shape index (κ1) is 14.6. The van der Waals surface area contributed by atoms with Gasteiger partial charge in [-0.05, 0) is 25.0 Å². The van der Waals surface area contributed by atoms with E-state index in [2.05, 4.69) is 13.5 Å². The molecular weight excluding hydrogens is 274 g/mol. The third kappa shape index (κ3) is 2.84. The molecule has 3 nitrogen and oxygen atoms in total. The van der Waals surface area contributed by atoms with E-state index in [-0.39, 0.29) is 5.91 Å². The molecule has 2 aromatic rings. The van der Waals surface area contributed by atoms with Gasteiger partial charge in [0.05, 0.1) is 0 Å². The minimum Gasteiger partial charge on any atom is -0.460 e. The molecule has 0 radical (unpaired) electrons. The first-order chi connectivity index (χ1) is 10.7. The van der Waals surface area contributed by atoms with Crippen LogP contribution < -0.4 is 0 Å². The van der Waals surface area contributed by atoms with Gasteiger partial charge in [-0.15, -0.1) is 0 Å². The number of benzene rings is 1. The van der Waals surface area contributed by atoms with Gasteiger partial charge in [0.25, 0.3) is 0 Å². The Morgan fingerprint density at radius 3 is 2.77 bits per heavy atom. The van der Waals surface area contributed by atoms with E-state index in [1.165, 1.54) is 5.57 Å². The number of hydrogen-bond acceptors (Lipinski definition) is 2. The molecule has 0 atom stereocenters. The lowest BCUT2D eigenvalue weighted by Gasteiger charge is -2.26. The molecule has 1 amide bonds. The Hall–Kier alpha value is -2.29. The molecule has 0 unspecified atom stereocenters. The minimum atomic E-state index is 0.0693. The van der Waals surface area contributed by atoms with E-state index >= 15 is 0 Å². The Kier molecular flexibility index (Phi) is 4.14. The summed E-state index contributed by atoms with van der Waals surface area (Å²) < 4.78 is 5.85. The Balaban J connectivity index is 1.83. The van der Waals surface area contributed by atoms with Gasteiger partial charge in [-0.25, -0.2) is 0 Å². The fourth-order valence-electron chi connectivity index (χ4n) is 2.86. The van der Waals surface area contributed by atoms with Crippen molar-refractivity contribution in [3.8, 4) is 0 Å².